The normalized spacial score (nSPS) is 10.9. The number of carbonyl (C=O) groups excluding carboxylic acids is 1. The molecule has 26 heavy (non-hydrogen) atoms. The zero-order valence-electron chi connectivity index (χ0n) is 15.2. The number of esters is 1. The van der Waals surface area contributed by atoms with Crippen LogP contribution in [0.3, 0.4) is 0 Å². The Morgan fingerprint density at radius 1 is 1.23 bits per heavy atom. The van der Waals surface area contributed by atoms with Gasteiger partial charge < -0.3 is 14.0 Å². The van der Waals surface area contributed by atoms with Crippen molar-refractivity contribution in [1.82, 2.24) is 9.30 Å². The van der Waals surface area contributed by atoms with E-state index in [4.69, 9.17) is 4.74 Å². The van der Waals surface area contributed by atoms with Crippen LogP contribution in [-0.2, 0) is 11.3 Å². The fourth-order valence-corrected chi connectivity index (χ4v) is 3.19. The Balaban J connectivity index is 2.30. The summed E-state index contributed by atoms with van der Waals surface area (Å²) in [4.78, 5) is 14.7. The lowest BCUT2D eigenvalue weighted by atomic mass is 10.0. The smallest absolute Gasteiger partial charge is 0.341 e. The Morgan fingerprint density at radius 2 is 2.04 bits per heavy atom. The lowest BCUT2D eigenvalue weighted by Gasteiger charge is -2.12. The van der Waals surface area contributed by atoms with Crippen LogP contribution in [0.2, 0.25) is 0 Å². The fourth-order valence-electron chi connectivity index (χ4n) is 3.19. The first-order valence-electron chi connectivity index (χ1n) is 8.51. The molecule has 0 amide bonds. The Labute approximate surface area is 153 Å². The van der Waals surface area contributed by atoms with Gasteiger partial charge in [0.1, 0.15) is 11.6 Å². The molecule has 5 heteroatoms. The maximum absolute atomic E-state index is 12.7. The first-order chi connectivity index (χ1) is 12.6. The van der Waals surface area contributed by atoms with Gasteiger partial charge in [0.25, 0.3) is 0 Å². The Hall–Kier alpha value is -3.10. The monoisotopic (exact) mass is 347 g/mol. The van der Waals surface area contributed by atoms with Gasteiger partial charge in [-0.15, -0.1) is 0 Å². The highest BCUT2D eigenvalue weighted by Gasteiger charge is 2.25. The molecule has 2 aromatic heterocycles. The van der Waals surface area contributed by atoms with Gasteiger partial charge in [0.15, 0.2) is 0 Å². The number of nitrogens with zero attached hydrogens (tertiary/aromatic N) is 3. The number of ether oxygens (including phenoxy) is 1. The van der Waals surface area contributed by atoms with Crippen molar-refractivity contribution in [2.24, 2.45) is 0 Å². The third-order valence-corrected chi connectivity index (χ3v) is 4.13. The number of benzene rings is 1. The average Bonchev–Trinajstić information content (AvgIpc) is 2.96. The molecular weight excluding hydrogens is 326 g/mol. The molecule has 0 bridgehead atoms. The minimum absolute atomic E-state index is 0.260. The molecule has 0 aliphatic rings. The highest BCUT2D eigenvalue weighted by Crippen LogP contribution is 2.33. The number of carbonyl (C=O) groups is 1. The summed E-state index contributed by atoms with van der Waals surface area (Å²) in [6, 6.07) is 15.8. The van der Waals surface area contributed by atoms with E-state index in [-0.39, 0.29) is 6.61 Å². The van der Waals surface area contributed by atoms with Crippen LogP contribution in [0.15, 0.2) is 48.7 Å². The van der Waals surface area contributed by atoms with E-state index >= 15 is 0 Å². The summed E-state index contributed by atoms with van der Waals surface area (Å²) in [5.74, 6) is -0.472. The summed E-state index contributed by atoms with van der Waals surface area (Å²) in [6.45, 7) is 2.81. The molecule has 0 fully saturated rings. The number of hydrogen-bond acceptors (Lipinski definition) is 4. The minimum atomic E-state index is -0.472. The zero-order chi connectivity index (χ0) is 18.7. The maximum Gasteiger partial charge on any atom is 0.341 e. The lowest BCUT2D eigenvalue weighted by molar-refractivity contribution is 0.0527. The molecule has 3 aromatic rings. The van der Waals surface area contributed by atoms with Crippen molar-refractivity contribution in [2.45, 2.75) is 13.5 Å². The van der Waals surface area contributed by atoms with E-state index in [1.54, 1.807) is 6.92 Å². The number of hydrogen-bond donors (Lipinski definition) is 0. The lowest BCUT2D eigenvalue weighted by Crippen LogP contribution is -2.11. The van der Waals surface area contributed by atoms with E-state index in [1.165, 1.54) is 0 Å². The Morgan fingerprint density at radius 3 is 2.73 bits per heavy atom. The highest BCUT2D eigenvalue weighted by atomic mass is 16.5. The van der Waals surface area contributed by atoms with E-state index in [0.29, 0.717) is 22.3 Å². The molecule has 0 saturated carbocycles. The van der Waals surface area contributed by atoms with Crippen LogP contribution >= 0.6 is 0 Å². The van der Waals surface area contributed by atoms with E-state index in [1.807, 2.05) is 55.0 Å². The van der Waals surface area contributed by atoms with Gasteiger partial charge in [-0.2, -0.15) is 5.26 Å². The summed E-state index contributed by atoms with van der Waals surface area (Å²) in [5.41, 5.74) is 4.07. The molecule has 132 valence electrons. The molecule has 1 aromatic carbocycles. The standard InChI is InChI=1S/C21H21N3O2/c1-4-26-21(25)19-17(13-22)18-10-5-6-11-24(18)20(19)16-9-7-8-15(12-16)14-23(2)3/h5-12H,4,14H2,1-3H3. The SMILES string of the molecule is CCOC(=O)c1c(C#N)c2ccccn2c1-c1cccc(CN(C)C)c1. The second kappa shape index (κ2) is 7.42. The molecule has 2 heterocycles. The first-order valence-corrected chi connectivity index (χ1v) is 8.51. The number of nitriles is 1. The van der Waals surface area contributed by atoms with Crippen molar-refractivity contribution < 1.29 is 9.53 Å². The zero-order valence-corrected chi connectivity index (χ0v) is 15.2. The Bertz CT molecular complexity index is 996. The van der Waals surface area contributed by atoms with E-state index in [2.05, 4.69) is 23.1 Å². The fraction of sp³-hybridized carbons (Fsp3) is 0.238. The second-order valence-corrected chi connectivity index (χ2v) is 6.32. The van der Waals surface area contributed by atoms with Crippen molar-refractivity contribution in [3.8, 4) is 17.3 Å². The molecule has 0 atom stereocenters. The molecule has 5 nitrogen and oxygen atoms in total. The van der Waals surface area contributed by atoms with E-state index < -0.39 is 5.97 Å². The number of rotatable bonds is 5. The molecule has 0 aliphatic heterocycles. The van der Waals surface area contributed by atoms with E-state index in [0.717, 1.165) is 17.7 Å². The van der Waals surface area contributed by atoms with Crippen LogP contribution in [0.5, 0.6) is 0 Å². The van der Waals surface area contributed by atoms with Crippen LogP contribution in [0.1, 0.15) is 28.4 Å². The van der Waals surface area contributed by atoms with Crippen molar-refractivity contribution in [1.29, 1.82) is 5.26 Å². The van der Waals surface area contributed by atoms with Gasteiger partial charge in [-0.25, -0.2) is 4.79 Å². The van der Waals surface area contributed by atoms with E-state index in [9.17, 15) is 10.1 Å². The van der Waals surface area contributed by atoms with Crippen LogP contribution in [-0.4, -0.2) is 36.0 Å². The molecule has 0 saturated heterocycles. The summed E-state index contributed by atoms with van der Waals surface area (Å²) >= 11 is 0. The number of fused-ring (bicyclic) bond motifs is 1. The predicted molar refractivity (Wildman–Crippen MR) is 101 cm³/mol. The van der Waals surface area contributed by atoms with Crippen LogP contribution in [0.25, 0.3) is 16.8 Å². The van der Waals surface area contributed by atoms with Crippen LogP contribution in [0.4, 0.5) is 0 Å². The average molecular weight is 347 g/mol. The summed E-state index contributed by atoms with van der Waals surface area (Å²) in [5, 5.41) is 9.69. The topological polar surface area (TPSA) is 57.7 Å². The molecule has 3 rings (SSSR count). The molecule has 0 unspecified atom stereocenters. The minimum Gasteiger partial charge on any atom is -0.462 e. The van der Waals surface area contributed by atoms with Crippen LogP contribution < -0.4 is 0 Å². The first kappa shape index (κ1) is 17.7. The van der Waals surface area contributed by atoms with Gasteiger partial charge >= 0.3 is 5.97 Å². The molecule has 0 N–H and O–H groups in total. The summed E-state index contributed by atoms with van der Waals surface area (Å²) < 4.78 is 7.13. The summed E-state index contributed by atoms with van der Waals surface area (Å²) in [7, 11) is 4.02. The van der Waals surface area contributed by atoms with Crippen molar-refractivity contribution >= 4 is 11.5 Å². The van der Waals surface area contributed by atoms with Gasteiger partial charge in [-0.1, -0.05) is 24.3 Å². The molecule has 0 aliphatic carbocycles. The maximum atomic E-state index is 12.7. The van der Waals surface area contributed by atoms with Crippen molar-refractivity contribution in [3.63, 3.8) is 0 Å². The third kappa shape index (κ3) is 3.19. The van der Waals surface area contributed by atoms with Crippen molar-refractivity contribution in [2.75, 3.05) is 20.7 Å². The number of pyridine rings is 1. The van der Waals surface area contributed by atoms with Gasteiger partial charge in [0.2, 0.25) is 0 Å². The predicted octanol–water partition coefficient (Wildman–Crippen LogP) is 3.72. The van der Waals surface area contributed by atoms with Gasteiger partial charge in [0.05, 0.1) is 23.4 Å². The van der Waals surface area contributed by atoms with Gasteiger partial charge in [0, 0.05) is 12.7 Å². The Kier molecular flexibility index (Phi) is 5.06. The van der Waals surface area contributed by atoms with Crippen LogP contribution in [0, 0.1) is 11.3 Å². The third-order valence-electron chi connectivity index (χ3n) is 4.13. The molecule has 0 spiro atoms. The number of aromatic nitrogens is 1. The molecular formula is C21H21N3O2. The van der Waals surface area contributed by atoms with Gasteiger partial charge in [-0.3, -0.25) is 0 Å². The van der Waals surface area contributed by atoms with Crippen molar-refractivity contribution in [3.05, 3.63) is 65.4 Å². The highest BCUT2D eigenvalue weighted by molar-refractivity contribution is 6.03. The largest absolute Gasteiger partial charge is 0.462 e. The molecule has 0 radical (unpaired) electrons. The second-order valence-electron chi connectivity index (χ2n) is 6.32. The quantitative estimate of drug-likeness (QED) is 0.660. The summed E-state index contributed by atoms with van der Waals surface area (Å²) in [6.07, 6.45) is 1.87. The van der Waals surface area contributed by atoms with Gasteiger partial charge in [-0.05, 0) is 50.3 Å².